The Bertz CT molecular complexity index is 633. The monoisotopic (exact) mass is 344 g/mol. The number of primary amides is 1. The molecule has 1 aromatic rings. The highest BCUT2D eigenvalue weighted by Gasteiger charge is 2.46. The van der Waals surface area contributed by atoms with Gasteiger partial charge in [0.15, 0.2) is 0 Å². The zero-order chi connectivity index (χ0) is 18.0. The van der Waals surface area contributed by atoms with Gasteiger partial charge in [0.2, 0.25) is 5.91 Å². The topological polar surface area (TPSA) is 72.6 Å². The Morgan fingerprint density at radius 2 is 2.00 bits per heavy atom. The van der Waals surface area contributed by atoms with E-state index in [4.69, 9.17) is 10.5 Å². The lowest BCUT2D eigenvalue weighted by Crippen LogP contribution is -2.52. The molecule has 1 heterocycles. The minimum atomic E-state index is -4.64. The molecular weight excluding hydrogens is 325 g/mol. The van der Waals surface area contributed by atoms with Gasteiger partial charge in [-0.25, -0.2) is 0 Å². The van der Waals surface area contributed by atoms with Gasteiger partial charge in [-0.05, 0) is 25.0 Å². The lowest BCUT2D eigenvalue weighted by Gasteiger charge is -2.37. The van der Waals surface area contributed by atoms with E-state index >= 15 is 0 Å². The van der Waals surface area contributed by atoms with Gasteiger partial charge in [-0.15, -0.1) is 0 Å². The first-order chi connectivity index (χ1) is 11.2. The number of amides is 2. The van der Waals surface area contributed by atoms with Crippen LogP contribution in [0.1, 0.15) is 35.2 Å². The van der Waals surface area contributed by atoms with Gasteiger partial charge in [0, 0.05) is 13.7 Å². The van der Waals surface area contributed by atoms with Crippen molar-refractivity contribution in [2.45, 2.75) is 31.0 Å². The van der Waals surface area contributed by atoms with E-state index in [-0.39, 0.29) is 19.6 Å². The Morgan fingerprint density at radius 1 is 1.33 bits per heavy atom. The molecule has 0 spiro atoms. The number of alkyl halides is 3. The number of hydrogen-bond acceptors (Lipinski definition) is 3. The van der Waals surface area contributed by atoms with Gasteiger partial charge in [-0.2, -0.15) is 13.2 Å². The van der Waals surface area contributed by atoms with Crippen molar-refractivity contribution >= 4 is 11.8 Å². The van der Waals surface area contributed by atoms with E-state index in [0.29, 0.717) is 12.8 Å². The fourth-order valence-electron chi connectivity index (χ4n) is 3.30. The quantitative estimate of drug-likeness (QED) is 0.890. The SMILES string of the molecule is COCC1(CC(N)=O)CCCN1C(=O)c1ccccc1C(F)(F)F. The second-order valence-corrected chi connectivity index (χ2v) is 5.90. The van der Waals surface area contributed by atoms with Crippen molar-refractivity contribution in [3.63, 3.8) is 0 Å². The summed E-state index contributed by atoms with van der Waals surface area (Å²) in [5.41, 5.74) is 2.85. The summed E-state index contributed by atoms with van der Waals surface area (Å²) < 4.78 is 44.7. The molecule has 5 nitrogen and oxygen atoms in total. The lowest BCUT2D eigenvalue weighted by atomic mass is 9.91. The van der Waals surface area contributed by atoms with Gasteiger partial charge in [0.05, 0.1) is 29.7 Å². The van der Waals surface area contributed by atoms with E-state index in [1.165, 1.54) is 24.1 Å². The summed E-state index contributed by atoms with van der Waals surface area (Å²) in [5.74, 6) is -1.39. The number of likely N-dealkylation sites (tertiary alicyclic amines) is 1. The molecule has 0 saturated carbocycles. The standard InChI is InChI=1S/C16H19F3N2O3/c1-24-10-15(9-13(20)22)7-4-8-21(15)14(23)11-5-2-3-6-12(11)16(17,18)19/h2-3,5-6H,4,7-10H2,1H3,(H2,20,22). The smallest absolute Gasteiger partial charge is 0.382 e. The van der Waals surface area contributed by atoms with Crippen molar-refractivity contribution < 1.29 is 27.5 Å². The largest absolute Gasteiger partial charge is 0.417 e. The molecule has 1 atom stereocenters. The highest BCUT2D eigenvalue weighted by Crippen LogP contribution is 2.37. The zero-order valence-electron chi connectivity index (χ0n) is 13.2. The summed E-state index contributed by atoms with van der Waals surface area (Å²) in [7, 11) is 1.41. The molecule has 1 unspecified atom stereocenters. The van der Waals surface area contributed by atoms with Crippen LogP contribution in [-0.2, 0) is 15.7 Å². The number of hydrogen-bond donors (Lipinski definition) is 1. The normalized spacial score (nSPS) is 21.1. The van der Waals surface area contributed by atoms with Crippen LogP contribution in [0.15, 0.2) is 24.3 Å². The fraction of sp³-hybridized carbons (Fsp3) is 0.500. The van der Waals surface area contributed by atoms with Crippen LogP contribution in [0.4, 0.5) is 13.2 Å². The van der Waals surface area contributed by atoms with E-state index < -0.39 is 34.7 Å². The van der Waals surface area contributed by atoms with Gasteiger partial charge >= 0.3 is 6.18 Å². The third kappa shape index (κ3) is 3.53. The van der Waals surface area contributed by atoms with Crippen LogP contribution in [0, 0.1) is 0 Å². The van der Waals surface area contributed by atoms with Crippen molar-refractivity contribution in [1.29, 1.82) is 0 Å². The fourth-order valence-corrected chi connectivity index (χ4v) is 3.30. The van der Waals surface area contributed by atoms with Gasteiger partial charge in [0.1, 0.15) is 0 Å². The van der Waals surface area contributed by atoms with Crippen LogP contribution in [-0.4, -0.2) is 42.5 Å². The maximum atomic E-state index is 13.2. The number of nitrogens with two attached hydrogens (primary N) is 1. The Kier molecular flexibility index (Phi) is 5.17. The van der Waals surface area contributed by atoms with Crippen molar-refractivity contribution in [3.8, 4) is 0 Å². The first-order valence-corrected chi connectivity index (χ1v) is 7.47. The number of methoxy groups -OCH3 is 1. The van der Waals surface area contributed by atoms with E-state index in [0.717, 1.165) is 12.1 Å². The van der Waals surface area contributed by atoms with Gasteiger partial charge in [-0.3, -0.25) is 9.59 Å². The van der Waals surface area contributed by atoms with E-state index in [1.54, 1.807) is 0 Å². The highest BCUT2D eigenvalue weighted by molar-refractivity contribution is 5.97. The van der Waals surface area contributed by atoms with E-state index in [1.807, 2.05) is 0 Å². The highest BCUT2D eigenvalue weighted by atomic mass is 19.4. The van der Waals surface area contributed by atoms with Crippen molar-refractivity contribution in [2.75, 3.05) is 20.3 Å². The van der Waals surface area contributed by atoms with Crippen molar-refractivity contribution in [3.05, 3.63) is 35.4 Å². The van der Waals surface area contributed by atoms with Gasteiger partial charge < -0.3 is 15.4 Å². The Hall–Kier alpha value is -2.09. The summed E-state index contributed by atoms with van der Waals surface area (Å²) in [4.78, 5) is 25.5. The number of ether oxygens (including phenoxy) is 1. The average molecular weight is 344 g/mol. The van der Waals surface area contributed by atoms with Crippen molar-refractivity contribution in [1.82, 2.24) is 4.90 Å². The molecule has 1 fully saturated rings. The summed E-state index contributed by atoms with van der Waals surface area (Å²) >= 11 is 0. The zero-order valence-corrected chi connectivity index (χ0v) is 13.2. The molecule has 132 valence electrons. The first kappa shape index (κ1) is 18.3. The third-order valence-electron chi connectivity index (χ3n) is 4.22. The summed E-state index contributed by atoms with van der Waals surface area (Å²) in [6.45, 7) is 0.289. The minimum Gasteiger partial charge on any atom is -0.382 e. The number of rotatable bonds is 5. The molecule has 0 radical (unpaired) electrons. The van der Waals surface area contributed by atoms with E-state index in [2.05, 4.69) is 0 Å². The Labute approximate surface area is 137 Å². The maximum absolute atomic E-state index is 13.2. The number of carbonyl (C=O) groups excluding carboxylic acids is 2. The Morgan fingerprint density at radius 3 is 2.58 bits per heavy atom. The summed E-state index contributed by atoms with van der Waals surface area (Å²) in [5, 5.41) is 0. The number of benzene rings is 1. The van der Waals surface area contributed by atoms with Crippen LogP contribution >= 0.6 is 0 Å². The second-order valence-electron chi connectivity index (χ2n) is 5.90. The average Bonchev–Trinajstić information content (AvgIpc) is 2.88. The molecule has 0 aliphatic carbocycles. The van der Waals surface area contributed by atoms with E-state index in [9.17, 15) is 22.8 Å². The van der Waals surface area contributed by atoms with Crippen LogP contribution in [0.25, 0.3) is 0 Å². The second kappa shape index (κ2) is 6.80. The molecule has 2 N–H and O–H groups in total. The van der Waals surface area contributed by atoms with Crippen LogP contribution < -0.4 is 5.73 Å². The molecule has 24 heavy (non-hydrogen) atoms. The minimum absolute atomic E-state index is 0.0376. The molecule has 8 heteroatoms. The molecule has 0 bridgehead atoms. The third-order valence-corrected chi connectivity index (χ3v) is 4.22. The Balaban J connectivity index is 2.43. The molecule has 1 aromatic carbocycles. The molecule has 2 rings (SSSR count). The predicted molar refractivity (Wildman–Crippen MR) is 80.1 cm³/mol. The van der Waals surface area contributed by atoms with Crippen LogP contribution in [0.3, 0.4) is 0 Å². The predicted octanol–water partition coefficient (Wildman–Crippen LogP) is 2.20. The molecule has 1 aliphatic rings. The summed E-state index contributed by atoms with van der Waals surface area (Å²) in [6, 6.07) is 4.63. The van der Waals surface area contributed by atoms with Crippen LogP contribution in [0.5, 0.6) is 0 Å². The summed E-state index contributed by atoms with van der Waals surface area (Å²) in [6.07, 6.45) is -3.78. The molecular formula is C16H19F3N2O3. The number of halogens is 3. The number of carbonyl (C=O) groups is 2. The maximum Gasteiger partial charge on any atom is 0.417 e. The van der Waals surface area contributed by atoms with Gasteiger partial charge in [-0.1, -0.05) is 12.1 Å². The molecule has 1 saturated heterocycles. The molecule has 1 aliphatic heterocycles. The lowest BCUT2D eigenvalue weighted by molar-refractivity contribution is -0.138. The number of nitrogens with zero attached hydrogens (tertiary/aromatic N) is 1. The van der Waals surface area contributed by atoms with Crippen molar-refractivity contribution in [2.24, 2.45) is 5.73 Å². The van der Waals surface area contributed by atoms with Gasteiger partial charge in [0.25, 0.3) is 5.91 Å². The van der Waals surface area contributed by atoms with Crippen LogP contribution in [0.2, 0.25) is 0 Å². The first-order valence-electron chi connectivity index (χ1n) is 7.47. The molecule has 0 aromatic heterocycles. The molecule has 2 amide bonds.